The average molecular weight is 236 g/mol. The van der Waals surface area contributed by atoms with Crippen LogP contribution >= 0.6 is 0 Å². The first-order valence-corrected chi connectivity index (χ1v) is 5.49. The SMILES string of the molecule is O=C(CCc1ccc(F)cc1)N1CCNC1=O. The van der Waals surface area contributed by atoms with Gasteiger partial charge in [0.05, 0.1) is 0 Å². The highest BCUT2D eigenvalue weighted by atomic mass is 19.1. The molecular formula is C12H13FN2O2. The molecule has 17 heavy (non-hydrogen) atoms. The normalized spacial score (nSPS) is 14.9. The number of hydrogen-bond donors (Lipinski definition) is 1. The molecule has 1 aromatic rings. The summed E-state index contributed by atoms with van der Waals surface area (Å²) in [6, 6.07) is 5.69. The van der Waals surface area contributed by atoms with E-state index >= 15 is 0 Å². The van der Waals surface area contributed by atoms with Gasteiger partial charge in [-0.3, -0.25) is 9.69 Å². The molecule has 1 heterocycles. The number of halogens is 1. The Balaban J connectivity index is 1.87. The molecule has 3 amide bonds. The van der Waals surface area contributed by atoms with Crippen LogP contribution in [0.2, 0.25) is 0 Å². The molecule has 1 aliphatic rings. The van der Waals surface area contributed by atoms with Crippen LogP contribution in [0.3, 0.4) is 0 Å². The minimum absolute atomic E-state index is 0.190. The Morgan fingerprint density at radius 1 is 1.35 bits per heavy atom. The Labute approximate surface area is 98.4 Å². The van der Waals surface area contributed by atoms with E-state index in [-0.39, 0.29) is 24.2 Å². The molecule has 1 N–H and O–H groups in total. The van der Waals surface area contributed by atoms with Gasteiger partial charge >= 0.3 is 6.03 Å². The number of nitrogens with one attached hydrogen (secondary N) is 1. The number of benzene rings is 1. The summed E-state index contributed by atoms with van der Waals surface area (Å²) >= 11 is 0. The fraction of sp³-hybridized carbons (Fsp3) is 0.333. The second-order valence-electron chi connectivity index (χ2n) is 3.90. The minimum Gasteiger partial charge on any atom is -0.336 e. The van der Waals surface area contributed by atoms with Gasteiger partial charge in [-0.1, -0.05) is 12.1 Å². The predicted molar refractivity (Wildman–Crippen MR) is 59.8 cm³/mol. The second kappa shape index (κ2) is 4.95. The van der Waals surface area contributed by atoms with Crippen molar-refractivity contribution in [2.75, 3.05) is 13.1 Å². The van der Waals surface area contributed by atoms with Gasteiger partial charge in [0.25, 0.3) is 0 Å². The number of carbonyl (C=O) groups excluding carboxylic acids is 2. The highest BCUT2D eigenvalue weighted by Gasteiger charge is 2.25. The van der Waals surface area contributed by atoms with Crippen molar-refractivity contribution < 1.29 is 14.0 Å². The predicted octanol–water partition coefficient (Wildman–Crippen LogP) is 1.31. The Kier molecular flexibility index (Phi) is 3.37. The summed E-state index contributed by atoms with van der Waals surface area (Å²) in [5, 5.41) is 2.57. The minimum atomic E-state index is -0.325. The lowest BCUT2D eigenvalue weighted by atomic mass is 10.1. The maximum atomic E-state index is 12.7. The smallest absolute Gasteiger partial charge is 0.324 e. The molecule has 5 heteroatoms. The number of rotatable bonds is 3. The van der Waals surface area contributed by atoms with Crippen LogP contribution in [-0.2, 0) is 11.2 Å². The molecule has 4 nitrogen and oxygen atoms in total. The van der Waals surface area contributed by atoms with Crippen molar-refractivity contribution in [1.29, 1.82) is 0 Å². The number of amides is 3. The highest BCUT2D eigenvalue weighted by molar-refractivity contribution is 5.95. The van der Waals surface area contributed by atoms with Crippen molar-refractivity contribution >= 4 is 11.9 Å². The Hall–Kier alpha value is -1.91. The van der Waals surface area contributed by atoms with Crippen LogP contribution < -0.4 is 5.32 Å². The standard InChI is InChI=1S/C12H13FN2O2/c13-10-4-1-9(2-5-10)3-6-11(16)15-8-7-14-12(15)17/h1-2,4-5H,3,6-8H2,(H,14,17). The maximum Gasteiger partial charge on any atom is 0.324 e. The number of urea groups is 1. The molecule has 0 saturated carbocycles. The molecule has 1 saturated heterocycles. The first-order chi connectivity index (χ1) is 8.16. The van der Waals surface area contributed by atoms with E-state index in [2.05, 4.69) is 5.32 Å². The van der Waals surface area contributed by atoms with Crippen LogP contribution in [0.5, 0.6) is 0 Å². The number of imide groups is 1. The Morgan fingerprint density at radius 3 is 2.65 bits per heavy atom. The zero-order valence-corrected chi connectivity index (χ0v) is 9.28. The van der Waals surface area contributed by atoms with E-state index < -0.39 is 0 Å². The molecule has 1 fully saturated rings. The van der Waals surface area contributed by atoms with E-state index in [0.29, 0.717) is 19.5 Å². The van der Waals surface area contributed by atoms with E-state index in [1.54, 1.807) is 12.1 Å². The summed E-state index contributed by atoms with van der Waals surface area (Å²) in [4.78, 5) is 24.1. The first-order valence-electron chi connectivity index (χ1n) is 5.49. The van der Waals surface area contributed by atoms with Crippen molar-refractivity contribution in [3.8, 4) is 0 Å². The van der Waals surface area contributed by atoms with Crippen molar-refractivity contribution in [2.45, 2.75) is 12.8 Å². The third kappa shape index (κ3) is 2.81. The van der Waals surface area contributed by atoms with E-state index in [1.165, 1.54) is 17.0 Å². The Bertz CT molecular complexity index is 431. The van der Waals surface area contributed by atoms with Gasteiger partial charge in [0, 0.05) is 19.5 Å². The number of carbonyl (C=O) groups is 2. The van der Waals surface area contributed by atoms with Gasteiger partial charge in [-0.25, -0.2) is 9.18 Å². The highest BCUT2D eigenvalue weighted by Crippen LogP contribution is 2.08. The van der Waals surface area contributed by atoms with Crippen LogP contribution in [0.1, 0.15) is 12.0 Å². The van der Waals surface area contributed by atoms with Gasteiger partial charge in [0.2, 0.25) is 5.91 Å². The van der Waals surface area contributed by atoms with Crippen molar-refractivity contribution in [3.63, 3.8) is 0 Å². The molecule has 0 unspecified atom stereocenters. The van der Waals surface area contributed by atoms with Crippen molar-refractivity contribution in [2.24, 2.45) is 0 Å². The maximum absolute atomic E-state index is 12.7. The third-order valence-electron chi connectivity index (χ3n) is 2.70. The lowest BCUT2D eigenvalue weighted by molar-refractivity contribution is -0.127. The molecule has 0 bridgehead atoms. The van der Waals surface area contributed by atoms with E-state index in [9.17, 15) is 14.0 Å². The van der Waals surface area contributed by atoms with Gasteiger partial charge in [-0.15, -0.1) is 0 Å². The largest absolute Gasteiger partial charge is 0.336 e. The summed E-state index contributed by atoms with van der Waals surface area (Å²) in [7, 11) is 0. The lowest BCUT2D eigenvalue weighted by Crippen LogP contribution is -2.34. The van der Waals surface area contributed by atoms with Gasteiger partial charge in [0.15, 0.2) is 0 Å². The number of aryl methyl sites for hydroxylation is 1. The van der Waals surface area contributed by atoms with Crippen LogP contribution in [0.25, 0.3) is 0 Å². The zero-order valence-electron chi connectivity index (χ0n) is 9.28. The zero-order chi connectivity index (χ0) is 12.3. The fourth-order valence-corrected chi connectivity index (χ4v) is 1.75. The molecular weight excluding hydrogens is 223 g/mol. The molecule has 90 valence electrons. The molecule has 0 spiro atoms. The monoisotopic (exact) mass is 236 g/mol. The van der Waals surface area contributed by atoms with Crippen molar-refractivity contribution in [1.82, 2.24) is 10.2 Å². The van der Waals surface area contributed by atoms with Crippen LogP contribution in [0.4, 0.5) is 9.18 Å². The Morgan fingerprint density at radius 2 is 2.06 bits per heavy atom. The summed E-state index contributed by atoms with van der Waals surface area (Å²) in [5.74, 6) is -0.483. The molecule has 0 aliphatic carbocycles. The van der Waals surface area contributed by atoms with Crippen LogP contribution in [0, 0.1) is 5.82 Å². The summed E-state index contributed by atoms with van der Waals surface area (Å²) < 4.78 is 12.7. The molecule has 1 aliphatic heterocycles. The molecule has 0 aromatic heterocycles. The topological polar surface area (TPSA) is 49.4 Å². The fourth-order valence-electron chi connectivity index (χ4n) is 1.75. The third-order valence-corrected chi connectivity index (χ3v) is 2.70. The first kappa shape index (κ1) is 11.6. The van der Waals surface area contributed by atoms with Crippen molar-refractivity contribution in [3.05, 3.63) is 35.6 Å². The van der Waals surface area contributed by atoms with Gasteiger partial charge < -0.3 is 5.32 Å². The number of nitrogens with zero attached hydrogens (tertiary/aromatic N) is 1. The average Bonchev–Trinajstić information content (AvgIpc) is 2.74. The van der Waals surface area contributed by atoms with Crippen LogP contribution in [-0.4, -0.2) is 29.9 Å². The quantitative estimate of drug-likeness (QED) is 0.860. The van der Waals surface area contributed by atoms with Gasteiger partial charge in [0.1, 0.15) is 5.82 Å². The molecule has 2 rings (SSSR count). The summed E-state index contributed by atoms with van der Waals surface area (Å²) in [6.07, 6.45) is 0.780. The molecule has 0 atom stereocenters. The van der Waals surface area contributed by atoms with E-state index in [1.807, 2.05) is 0 Å². The second-order valence-corrected chi connectivity index (χ2v) is 3.90. The van der Waals surface area contributed by atoms with E-state index in [0.717, 1.165) is 5.56 Å². The number of hydrogen-bond acceptors (Lipinski definition) is 2. The lowest BCUT2D eigenvalue weighted by Gasteiger charge is -2.11. The summed E-state index contributed by atoms with van der Waals surface area (Å²) in [6.45, 7) is 0.947. The van der Waals surface area contributed by atoms with Gasteiger partial charge in [-0.2, -0.15) is 0 Å². The van der Waals surface area contributed by atoms with Crippen LogP contribution in [0.15, 0.2) is 24.3 Å². The van der Waals surface area contributed by atoms with E-state index in [4.69, 9.17) is 0 Å². The molecule has 0 radical (unpaired) electrons. The van der Waals surface area contributed by atoms with Gasteiger partial charge in [-0.05, 0) is 24.1 Å². The molecule has 1 aromatic carbocycles. The summed E-state index contributed by atoms with van der Waals surface area (Å²) in [5.41, 5.74) is 0.888.